The average molecular weight is 761 g/mol. The first-order valence-electron chi connectivity index (χ1n) is 15.8. The molecule has 260 valence electrons. The van der Waals surface area contributed by atoms with E-state index in [9.17, 15) is 27.6 Å². The van der Waals surface area contributed by atoms with Crippen molar-refractivity contribution in [2.24, 2.45) is 0 Å². The van der Waals surface area contributed by atoms with Crippen molar-refractivity contribution in [2.75, 3.05) is 0 Å². The van der Waals surface area contributed by atoms with Crippen LogP contribution in [0.3, 0.4) is 0 Å². The second-order valence-corrected chi connectivity index (χ2v) is 13.1. The largest absolute Gasteiger partial charge is 0.408 e. The molecule has 3 aromatic carbocycles. The molecule has 1 aliphatic heterocycles. The minimum Gasteiger partial charge on any atom is -0.347 e. The monoisotopic (exact) mass is 759 g/mol. The summed E-state index contributed by atoms with van der Waals surface area (Å²) < 4.78 is 43.8. The normalized spacial score (nSPS) is 14.5. The van der Waals surface area contributed by atoms with Crippen LogP contribution in [0.2, 0.25) is 0 Å². The fourth-order valence-corrected chi connectivity index (χ4v) is 6.53. The second kappa shape index (κ2) is 13.2. The van der Waals surface area contributed by atoms with Gasteiger partial charge in [0.15, 0.2) is 5.82 Å². The van der Waals surface area contributed by atoms with Crippen LogP contribution >= 0.6 is 15.9 Å². The summed E-state index contributed by atoms with van der Waals surface area (Å²) >= 11 is 3.47. The number of rotatable bonds is 7. The highest BCUT2D eigenvalue weighted by Gasteiger charge is 2.36. The summed E-state index contributed by atoms with van der Waals surface area (Å²) in [5.41, 5.74) is 2.90. The fourth-order valence-electron chi connectivity index (χ4n) is 6.28. The molecule has 0 aliphatic carbocycles. The highest BCUT2D eigenvalue weighted by Crippen LogP contribution is 2.28. The fraction of sp³-hybridized carbons (Fsp3) is 0.229. The van der Waals surface area contributed by atoms with Gasteiger partial charge in [-0.05, 0) is 67.4 Å². The Bertz CT molecular complexity index is 2370. The summed E-state index contributed by atoms with van der Waals surface area (Å²) in [5.74, 6) is -0.402. The topological polar surface area (TPSA) is 133 Å². The van der Waals surface area contributed by atoms with Crippen LogP contribution in [0.15, 0.2) is 88.4 Å². The van der Waals surface area contributed by atoms with Gasteiger partial charge in [-0.15, -0.1) is 5.10 Å². The Morgan fingerprint density at radius 3 is 2.53 bits per heavy atom. The summed E-state index contributed by atoms with van der Waals surface area (Å²) in [6.07, 6.45) is -1.29. The summed E-state index contributed by atoms with van der Waals surface area (Å²) in [5, 5.41) is 10.5. The Balaban J connectivity index is 1.30. The van der Waals surface area contributed by atoms with Crippen LogP contribution in [0.25, 0.3) is 28.1 Å². The maximum atomic E-state index is 14.3. The number of amides is 2. The van der Waals surface area contributed by atoms with E-state index in [4.69, 9.17) is 0 Å². The molecule has 0 spiro atoms. The zero-order chi connectivity index (χ0) is 36.0. The molecule has 2 amide bonds. The maximum absolute atomic E-state index is 14.3. The molecule has 0 saturated carbocycles. The van der Waals surface area contributed by atoms with Gasteiger partial charge < -0.3 is 10.2 Å². The number of aromatic nitrogens is 7. The first kappa shape index (κ1) is 33.8. The van der Waals surface area contributed by atoms with E-state index in [0.717, 1.165) is 20.3 Å². The van der Waals surface area contributed by atoms with Crippen LogP contribution in [0.5, 0.6) is 0 Å². The van der Waals surface area contributed by atoms with Gasteiger partial charge in [0.1, 0.15) is 17.8 Å². The molecule has 0 bridgehead atoms. The number of carbonyl (C=O) groups excluding carboxylic acids is 2. The van der Waals surface area contributed by atoms with Gasteiger partial charge >= 0.3 is 11.9 Å². The third-order valence-electron chi connectivity index (χ3n) is 8.77. The van der Waals surface area contributed by atoms with E-state index in [0.29, 0.717) is 22.6 Å². The minimum atomic E-state index is -4.52. The summed E-state index contributed by atoms with van der Waals surface area (Å²) in [4.78, 5) is 52.6. The van der Waals surface area contributed by atoms with Gasteiger partial charge in [-0.1, -0.05) is 45.4 Å². The third kappa shape index (κ3) is 6.54. The van der Waals surface area contributed by atoms with Gasteiger partial charge in [-0.25, -0.2) is 19.4 Å². The van der Waals surface area contributed by atoms with E-state index in [1.165, 1.54) is 27.3 Å². The molecule has 1 N–H and O–H groups in total. The number of benzene rings is 3. The number of nitrogens with one attached hydrogen (secondary N) is 1. The second-order valence-electron chi connectivity index (χ2n) is 12.2. The number of alkyl halides is 3. The molecule has 4 heterocycles. The standard InChI is InChI=1S/C35H29BrF3N9O3/c1-20-14-22(8-10-26(20)36)33(50)45-18-29-30(32(49)42-16-23-6-3-4-7-25(23)31-40-12-5-13-41-31)48(34(51)46(29)17-21(45)2)24-9-11-28-27(15-24)43-44-47(28)19-35(37,38)39/h3-15,21H,16-19H2,1-2H3,(H,42,49)/t21-/m0/s1. The van der Waals surface area contributed by atoms with E-state index in [2.05, 4.69) is 41.5 Å². The molecule has 0 unspecified atom stereocenters. The van der Waals surface area contributed by atoms with Crippen LogP contribution in [0.4, 0.5) is 13.2 Å². The SMILES string of the molecule is Cc1cc(C(=O)N2Cc3c(C(=O)NCc4ccccc4-c4ncccn4)n(-c4ccc5c(c4)nnn5CC(F)(F)F)c(=O)n3C[C@@H]2C)ccc1Br. The van der Waals surface area contributed by atoms with Crippen molar-refractivity contribution in [1.29, 1.82) is 0 Å². The number of nitrogens with zero attached hydrogens (tertiary/aromatic N) is 8. The number of halogens is 4. The van der Waals surface area contributed by atoms with Crippen molar-refractivity contribution < 1.29 is 22.8 Å². The lowest BCUT2D eigenvalue weighted by atomic mass is 10.1. The lowest BCUT2D eigenvalue weighted by Crippen LogP contribution is -2.47. The molecule has 0 fully saturated rings. The van der Waals surface area contributed by atoms with Gasteiger partial charge in [-0.2, -0.15) is 13.2 Å². The van der Waals surface area contributed by atoms with Crippen LogP contribution in [-0.4, -0.2) is 63.0 Å². The smallest absolute Gasteiger partial charge is 0.347 e. The van der Waals surface area contributed by atoms with Crippen molar-refractivity contribution in [1.82, 2.24) is 44.3 Å². The number of fused-ring (bicyclic) bond motifs is 2. The Labute approximate surface area is 296 Å². The van der Waals surface area contributed by atoms with Gasteiger partial charge in [0, 0.05) is 47.1 Å². The highest BCUT2D eigenvalue weighted by molar-refractivity contribution is 9.10. The van der Waals surface area contributed by atoms with Crippen LogP contribution in [0, 0.1) is 6.92 Å². The lowest BCUT2D eigenvalue weighted by molar-refractivity contribution is -0.142. The molecule has 6 aromatic rings. The predicted molar refractivity (Wildman–Crippen MR) is 184 cm³/mol. The van der Waals surface area contributed by atoms with Crippen molar-refractivity contribution in [3.05, 3.63) is 122 Å². The van der Waals surface area contributed by atoms with Crippen molar-refractivity contribution in [3.8, 4) is 17.1 Å². The van der Waals surface area contributed by atoms with E-state index in [1.54, 1.807) is 41.6 Å². The molecule has 12 nitrogen and oxygen atoms in total. The number of carbonyl (C=O) groups is 2. The molecule has 51 heavy (non-hydrogen) atoms. The maximum Gasteiger partial charge on any atom is 0.408 e. The zero-order valence-electron chi connectivity index (χ0n) is 27.2. The van der Waals surface area contributed by atoms with Gasteiger partial charge in [0.2, 0.25) is 0 Å². The predicted octanol–water partition coefficient (Wildman–Crippen LogP) is 5.45. The minimum absolute atomic E-state index is 0.0211. The summed E-state index contributed by atoms with van der Waals surface area (Å²) in [6, 6.07) is 18.1. The Hall–Kier alpha value is -5.64. The average Bonchev–Trinajstić information content (AvgIpc) is 3.64. The number of aryl methyl sites for hydroxylation is 1. The number of hydrogen-bond donors (Lipinski definition) is 1. The van der Waals surface area contributed by atoms with Gasteiger partial charge in [0.05, 0.1) is 23.4 Å². The highest BCUT2D eigenvalue weighted by atomic mass is 79.9. The molecule has 0 saturated heterocycles. The van der Waals surface area contributed by atoms with Gasteiger partial charge in [0.25, 0.3) is 11.8 Å². The zero-order valence-corrected chi connectivity index (χ0v) is 28.8. The molecule has 16 heteroatoms. The van der Waals surface area contributed by atoms with Crippen molar-refractivity contribution >= 4 is 38.8 Å². The van der Waals surface area contributed by atoms with E-state index >= 15 is 0 Å². The summed E-state index contributed by atoms with van der Waals surface area (Å²) in [6.45, 7) is 2.45. The van der Waals surface area contributed by atoms with E-state index in [-0.39, 0.29) is 48.0 Å². The molecular formula is C35H29BrF3N9O3. The molecule has 1 atom stereocenters. The first-order valence-corrected chi connectivity index (χ1v) is 16.6. The Morgan fingerprint density at radius 2 is 1.78 bits per heavy atom. The van der Waals surface area contributed by atoms with E-state index < -0.39 is 30.4 Å². The van der Waals surface area contributed by atoms with Crippen LogP contribution in [0.1, 0.15) is 44.6 Å². The first-order chi connectivity index (χ1) is 24.4. The van der Waals surface area contributed by atoms with Crippen LogP contribution < -0.4 is 11.0 Å². The lowest BCUT2D eigenvalue weighted by Gasteiger charge is -2.34. The van der Waals surface area contributed by atoms with Crippen molar-refractivity contribution in [3.63, 3.8) is 0 Å². The Kier molecular flexibility index (Phi) is 8.79. The molecule has 3 aromatic heterocycles. The number of imidazole rings is 1. The number of hydrogen-bond acceptors (Lipinski definition) is 7. The van der Waals surface area contributed by atoms with Gasteiger partial charge in [-0.3, -0.25) is 18.7 Å². The molecule has 0 radical (unpaired) electrons. The Morgan fingerprint density at radius 1 is 1.02 bits per heavy atom. The molecule has 1 aliphatic rings. The summed E-state index contributed by atoms with van der Waals surface area (Å²) in [7, 11) is 0. The van der Waals surface area contributed by atoms with Crippen molar-refractivity contribution in [2.45, 2.75) is 52.2 Å². The van der Waals surface area contributed by atoms with E-state index in [1.807, 2.05) is 38.1 Å². The van der Waals surface area contributed by atoms with Crippen LogP contribution in [-0.2, 0) is 26.2 Å². The quantitative estimate of drug-likeness (QED) is 0.229. The molecular weight excluding hydrogens is 731 g/mol. The molecule has 7 rings (SSSR count). The third-order valence-corrected chi connectivity index (χ3v) is 9.66.